The minimum atomic E-state index is -0.411. The fourth-order valence-electron chi connectivity index (χ4n) is 2.25. The van der Waals surface area contributed by atoms with E-state index in [0.29, 0.717) is 21.9 Å². The zero-order chi connectivity index (χ0) is 13.7. The Hall–Kier alpha value is -1.69. The van der Waals surface area contributed by atoms with Crippen molar-refractivity contribution in [1.29, 1.82) is 0 Å². The summed E-state index contributed by atoms with van der Waals surface area (Å²) in [5.74, 6) is -0.411. The number of halogens is 2. The Kier molecular flexibility index (Phi) is 2.70. The van der Waals surface area contributed by atoms with Crippen LogP contribution in [0.5, 0.6) is 0 Å². The molecule has 1 atom stereocenters. The first-order chi connectivity index (χ1) is 8.99. The first-order valence-electron chi connectivity index (χ1n) is 5.81. The first-order valence-corrected chi connectivity index (χ1v) is 6.72. The van der Waals surface area contributed by atoms with Crippen molar-refractivity contribution in [2.75, 3.05) is 0 Å². The summed E-state index contributed by atoms with van der Waals surface area (Å²) in [5, 5.41) is 5.32. The quantitative estimate of drug-likeness (QED) is 0.700. The van der Waals surface area contributed by atoms with Gasteiger partial charge in [0.2, 0.25) is 0 Å². The van der Waals surface area contributed by atoms with E-state index in [9.17, 15) is 9.18 Å². The number of nitrogens with zero attached hydrogens (tertiary/aromatic N) is 2. The van der Waals surface area contributed by atoms with Gasteiger partial charge in [0.1, 0.15) is 5.52 Å². The fraction of sp³-hybridized carbons (Fsp3) is 0.231. The average molecular weight is 324 g/mol. The molecule has 0 radical (unpaired) electrons. The van der Waals surface area contributed by atoms with E-state index in [1.165, 1.54) is 0 Å². The standard InChI is InChI=1S/C13H11BrFN3O/c1-6(14)7-3-4-8-11-9(5-18(2)17-11)13(19)16-12(8)10(7)15/h3-6H,1-2H3,(H,16,19). The van der Waals surface area contributed by atoms with E-state index in [-0.39, 0.29) is 15.9 Å². The molecule has 3 aromatic rings. The van der Waals surface area contributed by atoms with Gasteiger partial charge in [0.05, 0.1) is 10.9 Å². The SMILES string of the molecule is CC(Br)c1ccc2c([nH]c(=O)c3cn(C)nc32)c1F. The Morgan fingerprint density at radius 1 is 1.42 bits per heavy atom. The number of nitrogens with one attached hydrogen (secondary N) is 1. The molecule has 0 fully saturated rings. The molecule has 4 nitrogen and oxygen atoms in total. The van der Waals surface area contributed by atoms with Gasteiger partial charge < -0.3 is 4.98 Å². The number of aromatic nitrogens is 3. The number of pyridine rings is 1. The van der Waals surface area contributed by atoms with Crippen molar-refractivity contribution in [1.82, 2.24) is 14.8 Å². The number of rotatable bonds is 1. The highest BCUT2D eigenvalue weighted by Crippen LogP contribution is 2.30. The van der Waals surface area contributed by atoms with Crippen LogP contribution < -0.4 is 5.56 Å². The van der Waals surface area contributed by atoms with Gasteiger partial charge in [-0.3, -0.25) is 9.48 Å². The minimum Gasteiger partial charge on any atom is -0.319 e. The minimum absolute atomic E-state index is 0.125. The van der Waals surface area contributed by atoms with Crippen molar-refractivity contribution in [3.63, 3.8) is 0 Å². The lowest BCUT2D eigenvalue weighted by Gasteiger charge is -2.08. The van der Waals surface area contributed by atoms with Gasteiger partial charge in [-0.2, -0.15) is 5.10 Å². The maximum atomic E-state index is 14.4. The monoisotopic (exact) mass is 323 g/mol. The molecule has 19 heavy (non-hydrogen) atoms. The van der Waals surface area contributed by atoms with Gasteiger partial charge in [0, 0.05) is 29.0 Å². The molecule has 0 bridgehead atoms. The molecular formula is C13H11BrFN3O. The molecule has 2 aromatic heterocycles. The van der Waals surface area contributed by atoms with Crippen LogP contribution in [0.1, 0.15) is 17.3 Å². The summed E-state index contributed by atoms with van der Waals surface area (Å²) in [6.07, 6.45) is 1.63. The number of fused-ring (bicyclic) bond motifs is 3. The van der Waals surface area contributed by atoms with Gasteiger partial charge in [0.25, 0.3) is 5.56 Å². The van der Waals surface area contributed by atoms with Gasteiger partial charge in [-0.25, -0.2) is 4.39 Å². The summed E-state index contributed by atoms with van der Waals surface area (Å²) in [5.41, 5.74) is 0.918. The molecule has 0 aliphatic rings. The van der Waals surface area contributed by atoms with Crippen LogP contribution in [0.25, 0.3) is 21.8 Å². The van der Waals surface area contributed by atoms with Crippen molar-refractivity contribution >= 4 is 37.7 Å². The molecule has 0 aliphatic carbocycles. The van der Waals surface area contributed by atoms with E-state index in [2.05, 4.69) is 26.0 Å². The number of hydrogen-bond acceptors (Lipinski definition) is 2. The topological polar surface area (TPSA) is 50.7 Å². The number of benzene rings is 1. The molecule has 6 heteroatoms. The van der Waals surface area contributed by atoms with Crippen LogP contribution in [0.2, 0.25) is 0 Å². The zero-order valence-corrected chi connectivity index (χ0v) is 12.0. The molecule has 0 aliphatic heterocycles. The highest BCUT2D eigenvalue weighted by atomic mass is 79.9. The Morgan fingerprint density at radius 2 is 2.16 bits per heavy atom. The second-order valence-electron chi connectivity index (χ2n) is 4.53. The molecule has 0 spiro atoms. The lowest BCUT2D eigenvalue weighted by molar-refractivity contribution is 0.620. The Labute approximate surface area is 116 Å². The summed E-state index contributed by atoms with van der Waals surface area (Å²) in [6.45, 7) is 1.83. The molecule has 0 saturated heterocycles. The van der Waals surface area contributed by atoms with Crippen molar-refractivity contribution in [2.45, 2.75) is 11.8 Å². The van der Waals surface area contributed by atoms with E-state index in [1.54, 1.807) is 30.1 Å². The number of hydrogen-bond donors (Lipinski definition) is 1. The predicted octanol–water partition coefficient (Wildman–Crippen LogP) is 3.01. The first kappa shape index (κ1) is 12.3. The Morgan fingerprint density at radius 3 is 2.84 bits per heavy atom. The maximum absolute atomic E-state index is 14.4. The molecule has 3 rings (SSSR count). The third-order valence-electron chi connectivity index (χ3n) is 3.17. The molecule has 1 N–H and O–H groups in total. The summed E-state index contributed by atoms with van der Waals surface area (Å²) >= 11 is 3.34. The zero-order valence-electron chi connectivity index (χ0n) is 10.4. The van der Waals surface area contributed by atoms with E-state index in [4.69, 9.17) is 0 Å². The smallest absolute Gasteiger partial charge is 0.259 e. The third-order valence-corrected chi connectivity index (χ3v) is 3.66. The van der Waals surface area contributed by atoms with Crippen LogP contribution >= 0.6 is 15.9 Å². The number of H-pyrrole nitrogens is 1. The summed E-state index contributed by atoms with van der Waals surface area (Å²) in [4.78, 5) is 14.4. The van der Waals surface area contributed by atoms with E-state index < -0.39 is 5.82 Å². The van der Waals surface area contributed by atoms with E-state index in [1.807, 2.05) is 6.92 Å². The number of aryl methyl sites for hydroxylation is 1. The van der Waals surface area contributed by atoms with Crippen LogP contribution in [0.15, 0.2) is 23.1 Å². The molecular weight excluding hydrogens is 313 g/mol. The highest BCUT2D eigenvalue weighted by molar-refractivity contribution is 9.09. The summed E-state index contributed by atoms with van der Waals surface area (Å²) in [6, 6.07) is 3.50. The van der Waals surface area contributed by atoms with E-state index in [0.717, 1.165) is 0 Å². The van der Waals surface area contributed by atoms with Gasteiger partial charge in [-0.1, -0.05) is 28.1 Å². The van der Waals surface area contributed by atoms with Crippen LogP contribution in [0.4, 0.5) is 4.39 Å². The normalized spacial score (nSPS) is 13.3. The van der Waals surface area contributed by atoms with Crippen LogP contribution in [-0.2, 0) is 7.05 Å². The van der Waals surface area contributed by atoms with Gasteiger partial charge in [0.15, 0.2) is 5.82 Å². The van der Waals surface area contributed by atoms with Gasteiger partial charge in [-0.05, 0) is 6.92 Å². The lowest BCUT2D eigenvalue weighted by Crippen LogP contribution is -2.07. The largest absolute Gasteiger partial charge is 0.319 e. The third kappa shape index (κ3) is 1.78. The molecule has 98 valence electrons. The fourth-order valence-corrected chi connectivity index (χ4v) is 2.61. The van der Waals surface area contributed by atoms with Gasteiger partial charge >= 0.3 is 0 Å². The molecule has 2 heterocycles. The highest BCUT2D eigenvalue weighted by Gasteiger charge is 2.16. The molecule has 0 amide bonds. The second-order valence-corrected chi connectivity index (χ2v) is 5.90. The van der Waals surface area contributed by atoms with Crippen LogP contribution in [0.3, 0.4) is 0 Å². The predicted molar refractivity (Wildman–Crippen MR) is 76.1 cm³/mol. The van der Waals surface area contributed by atoms with Crippen molar-refractivity contribution in [3.05, 3.63) is 40.1 Å². The second kappa shape index (κ2) is 4.16. The number of alkyl halides is 1. The van der Waals surface area contributed by atoms with Crippen molar-refractivity contribution in [3.8, 4) is 0 Å². The van der Waals surface area contributed by atoms with Crippen molar-refractivity contribution < 1.29 is 4.39 Å². The average Bonchev–Trinajstić information content (AvgIpc) is 2.73. The Bertz CT molecular complexity index is 850. The molecule has 1 aromatic carbocycles. The number of aromatic amines is 1. The molecule has 1 unspecified atom stereocenters. The maximum Gasteiger partial charge on any atom is 0.259 e. The lowest BCUT2D eigenvalue weighted by atomic mass is 10.1. The summed E-state index contributed by atoms with van der Waals surface area (Å²) in [7, 11) is 1.73. The van der Waals surface area contributed by atoms with Crippen molar-refractivity contribution in [2.24, 2.45) is 7.05 Å². The Balaban J connectivity index is 2.53. The summed E-state index contributed by atoms with van der Waals surface area (Å²) < 4.78 is 16.0. The van der Waals surface area contributed by atoms with Crippen LogP contribution in [-0.4, -0.2) is 14.8 Å². The van der Waals surface area contributed by atoms with Crippen LogP contribution in [0, 0.1) is 5.82 Å². The van der Waals surface area contributed by atoms with Gasteiger partial charge in [-0.15, -0.1) is 0 Å². The molecule has 0 saturated carbocycles. The van der Waals surface area contributed by atoms with E-state index >= 15 is 0 Å².